The number of hydrogen-bond donors (Lipinski definition) is 1. The Labute approximate surface area is 155 Å². The molecule has 1 N–H and O–H groups in total. The van der Waals surface area contributed by atoms with Crippen LogP contribution in [0.3, 0.4) is 0 Å². The van der Waals surface area contributed by atoms with Gasteiger partial charge in [-0.3, -0.25) is 4.79 Å². The Morgan fingerprint density at radius 3 is 1.85 bits per heavy atom. The molecule has 128 valence electrons. The third-order valence-corrected chi connectivity index (χ3v) is 4.99. The van der Waals surface area contributed by atoms with Crippen LogP contribution in [0.25, 0.3) is 43.8 Å². The highest BCUT2D eigenvalue weighted by atomic mass is 16.1. The number of H-pyrrole nitrogens is 1. The van der Waals surface area contributed by atoms with Gasteiger partial charge in [0, 0.05) is 5.56 Å². The molecule has 0 aliphatic carbocycles. The summed E-state index contributed by atoms with van der Waals surface area (Å²) in [5, 5.41) is 11.1. The van der Waals surface area contributed by atoms with Crippen molar-refractivity contribution in [3.05, 3.63) is 101 Å². The van der Waals surface area contributed by atoms with E-state index in [4.69, 9.17) is 0 Å². The summed E-state index contributed by atoms with van der Waals surface area (Å²) in [6.07, 6.45) is 1.75. The van der Waals surface area contributed by atoms with Crippen LogP contribution in [-0.2, 0) is 0 Å². The van der Waals surface area contributed by atoms with E-state index in [0.29, 0.717) is 5.56 Å². The maximum Gasteiger partial charge on any atom is 0.272 e. The van der Waals surface area contributed by atoms with Gasteiger partial charge in [0.1, 0.15) is 0 Å². The smallest absolute Gasteiger partial charge is 0.267 e. The molecule has 4 aromatic carbocycles. The number of hydrogen-bond acceptors (Lipinski definition) is 2. The molecule has 0 spiro atoms. The lowest BCUT2D eigenvalue weighted by Crippen LogP contribution is -2.12. The van der Waals surface area contributed by atoms with Gasteiger partial charge in [-0.2, -0.15) is 5.10 Å². The zero-order chi connectivity index (χ0) is 18.2. The van der Waals surface area contributed by atoms with Crippen LogP contribution in [0.4, 0.5) is 0 Å². The van der Waals surface area contributed by atoms with Crippen LogP contribution < -0.4 is 5.56 Å². The van der Waals surface area contributed by atoms with E-state index in [9.17, 15) is 4.79 Å². The van der Waals surface area contributed by atoms with Crippen molar-refractivity contribution < 1.29 is 0 Å². The van der Waals surface area contributed by atoms with Crippen molar-refractivity contribution in [2.24, 2.45) is 0 Å². The van der Waals surface area contributed by atoms with Crippen molar-refractivity contribution in [1.82, 2.24) is 10.2 Å². The predicted octanol–water partition coefficient (Wildman–Crippen LogP) is 5.41. The Balaban J connectivity index is 1.89. The number of fused-ring (bicyclic) bond motifs is 2. The number of benzene rings is 4. The van der Waals surface area contributed by atoms with Crippen molar-refractivity contribution in [3.8, 4) is 22.3 Å². The fraction of sp³-hybridized carbons (Fsp3) is 0. The molecular formula is C24H16N2O. The van der Waals surface area contributed by atoms with Crippen LogP contribution >= 0.6 is 0 Å². The first kappa shape index (κ1) is 15.5. The zero-order valence-electron chi connectivity index (χ0n) is 14.5. The number of aromatic nitrogens is 2. The van der Waals surface area contributed by atoms with Crippen LogP contribution in [0.2, 0.25) is 0 Å². The maximum atomic E-state index is 12.9. The Hall–Kier alpha value is -3.72. The minimum absolute atomic E-state index is 0.184. The van der Waals surface area contributed by atoms with Crippen LogP contribution in [0.5, 0.6) is 0 Å². The van der Waals surface area contributed by atoms with E-state index in [1.54, 1.807) is 6.20 Å². The molecule has 27 heavy (non-hydrogen) atoms. The maximum absolute atomic E-state index is 12.9. The van der Waals surface area contributed by atoms with Crippen molar-refractivity contribution in [2.75, 3.05) is 0 Å². The molecular weight excluding hydrogens is 332 g/mol. The van der Waals surface area contributed by atoms with Crippen molar-refractivity contribution in [3.63, 3.8) is 0 Å². The molecule has 0 unspecified atom stereocenters. The Morgan fingerprint density at radius 1 is 0.593 bits per heavy atom. The standard InChI is InChI=1S/C24H16N2O/c27-24-23(21-14-6-10-17-8-2-4-12-19(17)21)22(15-25-26-24)20-13-5-9-16-7-1-3-11-18(16)20/h1-15H,(H,26,27). The van der Waals surface area contributed by atoms with Gasteiger partial charge in [0.2, 0.25) is 0 Å². The lowest BCUT2D eigenvalue weighted by atomic mass is 9.91. The summed E-state index contributed by atoms with van der Waals surface area (Å²) in [5.74, 6) is 0. The molecule has 0 radical (unpaired) electrons. The molecule has 1 heterocycles. The second-order valence-corrected chi connectivity index (χ2v) is 6.54. The summed E-state index contributed by atoms with van der Waals surface area (Å²) in [6.45, 7) is 0. The average molecular weight is 348 g/mol. The van der Waals surface area contributed by atoms with E-state index < -0.39 is 0 Å². The normalized spacial score (nSPS) is 11.1. The van der Waals surface area contributed by atoms with Crippen LogP contribution in [-0.4, -0.2) is 10.2 Å². The number of aromatic amines is 1. The summed E-state index contributed by atoms with van der Waals surface area (Å²) >= 11 is 0. The Morgan fingerprint density at radius 2 is 1.15 bits per heavy atom. The summed E-state index contributed by atoms with van der Waals surface area (Å²) in [7, 11) is 0. The van der Waals surface area contributed by atoms with Gasteiger partial charge in [-0.15, -0.1) is 0 Å². The molecule has 0 bridgehead atoms. The second-order valence-electron chi connectivity index (χ2n) is 6.54. The lowest BCUT2D eigenvalue weighted by molar-refractivity contribution is 0.994. The van der Waals surface area contributed by atoms with E-state index in [0.717, 1.165) is 38.2 Å². The van der Waals surface area contributed by atoms with E-state index in [-0.39, 0.29) is 5.56 Å². The minimum Gasteiger partial charge on any atom is -0.267 e. The van der Waals surface area contributed by atoms with Gasteiger partial charge in [-0.25, -0.2) is 5.10 Å². The molecule has 5 aromatic rings. The fourth-order valence-electron chi connectivity index (χ4n) is 3.77. The van der Waals surface area contributed by atoms with Crippen molar-refractivity contribution in [2.45, 2.75) is 0 Å². The van der Waals surface area contributed by atoms with Gasteiger partial charge in [-0.05, 0) is 32.7 Å². The van der Waals surface area contributed by atoms with Gasteiger partial charge >= 0.3 is 0 Å². The summed E-state index contributed by atoms with van der Waals surface area (Å²) < 4.78 is 0. The van der Waals surface area contributed by atoms with Crippen LogP contribution in [0.15, 0.2) is 95.9 Å². The molecule has 0 amide bonds. The van der Waals surface area contributed by atoms with E-state index in [2.05, 4.69) is 46.6 Å². The van der Waals surface area contributed by atoms with Gasteiger partial charge in [-0.1, -0.05) is 84.9 Å². The van der Waals surface area contributed by atoms with Crippen LogP contribution in [0.1, 0.15) is 0 Å². The average Bonchev–Trinajstić information content (AvgIpc) is 2.73. The number of nitrogens with one attached hydrogen (secondary N) is 1. The van der Waals surface area contributed by atoms with E-state index in [1.165, 1.54) is 0 Å². The number of nitrogens with zero attached hydrogens (tertiary/aromatic N) is 1. The first-order valence-corrected chi connectivity index (χ1v) is 8.87. The predicted molar refractivity (Wildman–Crippen MR) is 111 cm³/mol. The first-order chi connectivity index (χ1) is 13.3. The quantitative estimate of drug-likeness (QED) is 0.463. The number of rotatable bonds is 2. The molecule has 0 saturated heterocycles. The highest BCUT2D eigenvalue weighted by Gasteiger charge is 2.16. The Bertz CT molecular complexity index is 1340. The van der Waals surface area contributed by atoms with Crippen LogP contribution in [0, 0.1) is 0 Å². The summed E-state index contributed by atoms with van der Waals surface area (Å²) in [5.41, 5.74) is 3.23. The molecule has 0 aliphatic rings. The molecule has 5 rings (SSSR count). The van der Waals surface area contributed by atoms with Gasteiger partial charge in [0.15, 0.2) is 0 Å². The molecule has 0 saturated carbocycles. The summed E-state index contributed by atoms with van der Waals surface area (Å²) in [4.78, 5) is 12.9. The monoisotopic (exact) mass is 348 g/mol. The van der Waals surface area contributed by atoms with Crippen molar-refractivity contribution in [1.29, 1.82) is 0 Å². The second kappa shape index (κ2) is 6.22. The zero-order valence-corrected chi connectivity index (χ0v) is 14.5. The lowest BCUT2D eigenvalue weighted by Gasteiger charge is -2.13. The molecule has 3 nitrogen and oxygen atoms in total. The first-order valence-electron chi connectivity index (χ1n) is 8.87. The third-order valence-electron chi connectivity index (χ3n) is 4.99. The molecule has 0 aliphatic heterocycles. The van der Waals surface area contributed by atoms with E-state index in [1.807, 2.05) is 48.5 Å². The van der Waals surface area contributed by atoms with Gasteiger partial charge in [0.05, 0.1) is 11.8 Å². The Kier molecular flexibility index (Phi) is 3.58. The molecule has 1 aromatic heterocycles. The van der Waals surface area contributed by atoms with E-state index >= 15 is 0 Å². The van der Waals surface area contributed by atoms with Crippen molar-refractivity contribution >= 4 is 21.5 Å². The highest BCUT2D eigenvalue weighted by Crippen LogP contribution is 2.36. The molecule has 0 atom stereocenters. The van der Waals surface area contributed by atoms with Gasteiger partial charge < -0.3 is 0 Å². The largest absolute Gasteiger partial charge is 0.272 e. The summed E-state index contributed by atoms with van der Waals surface area (Å²) in [6, 6.07) is 28.5. The fourth-order valence-corrected chi connectivity index (χ4v) is 3.77. The molecule has 0 fully saturated rings. The molecule has 3 heteroatoms. The third kappa shape index (κ3) is 2.52. The minimum atomic E-state index is -0.184. The van der Waals surface area contributed by atoms with Gasteiger partial charge in [0.25, 0.3) is 5.56 Å². The topological polar surface area (TPSA) is 45.8 Å². The highest BCUT2D eigenvalue weighted by molar-refractivity contribution is 6.04. The SMILES string of the molecule is O=c1[nH]ncc(-c2cccc3ccccc23)c1-c1cccc2ccccc12.